The third-order valence-corrected chi connectivity index (χ3v) is 17.2. The summed E-state index contributed by atoms with van der Waals surface area (Å²) in [6.45, 7) is 1.72. The average molecular weight is 1270 g/mol. The number of phenolic OH excluding ortho intramolecular Hbond substituents is 2. The van der Waals surface area contributed by atoms with Crippen LogP contribution in [0.15, 0.2) is 160 Å². The Morgan fingerprint density at radius 1 is 0.419 bits per heavy atom. The van der Waals surface area contributed by atoms with Gasteiger partial charge in [0.05, 0.1) is 59.1 Å². The number of phenols is 2. The molecule has 0 amide bonds. The molecule has 8 rings (SSSR count). The lowest BCUT2D eigenvalue weighted by Crippen LogP contribution is -2.05. The fourth-order valence-corrected chi connectivity index (χ4v) is 12.1. The van der Waals surface area contributed by atoms with Crippen LogP contribution in [0.2, 0.25) is 0 Å². The lowest BCUT2D eigenvalue weighted by molar-refractivity contribution is 0.396. The van der Waals surface area contributed by atoms with E-state index in [4.69, 9.17) is 31.3 Å². The van der Waals surface area contributed by atoms with Crippen LogP contribution in [0, 0.1) is 6.92 Å². The first kappa shape index (κ1) is 62.8. The molecule has 29 nitrogen and oxygen atoms in total. The quantitative estimate of drug-likeness (QED) is 0.0112. The number of rotatable bonds is 20. The number of fused-ring (bicyclic) bond motifs is 2. The van der Waals surface area contributed by atoms with Gasteiger partial charge in [0, 0.05) is 39.1 Å². The monoisotopic (exact) mass is 1270 g/mol. The molecule has 0 spiro atoms. The average Bonchev–Trinajstić information content (AvgIpc) is 0.803. The summed E-state index contributed by atoms with van der Waals surface area (Å²) in [4.78, 5) is -1.09. The van der Waals surface area contributed by atoms with E-state index in [-0.39, 0.29) is 101 Å². The third-order valence-electron chi connectivity index (χ3n) is 12.6. The Morgan fingerprint density at radius 2 is 0.826 bits per heavy atom. The van der Waals surface area contributed by atoms with E-state index < -0.39 is 101 Å². The molecule has 0 atom stereocenters. The number of aromatic hydroxyl groups is 2. The van der Waals surface area contributed by atoms with Crippen LogP contribution in [-0.2, 0) is 76.2 Å². The normalized spacial score (nSPS) is 13.0. The first-order valence-corrected chi connectivity index (χ1v) is 31.9. The lowest BCUT2D eigenvalue weighted by Gasteiger charge is -2.13. The van der Waals surface area contributed by atoms with Gasteiger partial charge in [0.2, 0.25) is 0 Å². The van der Waals surface area contributed by atoms with Crippen molar-refractivity contribution in [2.24, 2.45) is 40.9 Å². The van der Waals surface area contributed by atoms with Crippen LogP contribution >= 0.6 is 0 Å². The van der Waals surface area contributed by atoms with Crippen molar-refractivity contribution in [2.45, 2.75) is 34.0 Å². The summed E-state index contributed by atoms with van der Waals surface area (Å²) in [5, 5.41) is 55.8. The smallest absolute Gasteiger partial charge is 0.299 e. The van der Waals surface area contributed by atoms with Gasteiger partial charge in [-0.2, -0.15) is 62.5 Å². The van der Waals surface area contributed by atoms with Gasteiger partial charge in [0.25, 0.3) is 50.6 Å². The molecule has 0 bridgehead atoms. The standard InChI is InChI=1S/C52H48N12O17S5/c1-27-18-33(10-12-39(27)53)59-64-50-46(86(78,79)81-3)23-38-44(17-15-42(56)48(38)52(50)66)62-57-34-8-6-28(30(19-34)24-82(67,68)69)4-5-29-7-9-36(22-45(29)85(76,77)80-2)58-61-43-16-14-41(55)47-37(43)21-32(26-84(73,74)75)49(51(47)65)63-60-35-11-13-40(54)31(20-35)25-83(70,71)72/h4-23,65-66H,24-26,53-56H2,1-3H3,(H,67,68,69)(H,70,71,72)(H,73,74,75)/b5-4+,61-58?,62-57?,63-60?,64-59?. The first-order chi connectivity index (χ1) is 40.2. The van der Waals surface area contributed by atoms with Gasteiger partial charge in [-0.3, -0.25) is 22.0 Å². The fourth-order valence-electron chi connectivity index (χ4n) is 8.47. The molecule has 0 aliphatic rings. The molecule has 0 aromatic heterocycles. The zero-order chi connectivity index (χ0) is 62.8. The number of azo groups is 4. The predicted molar refractivity (Wildman–Crippen MR) is 319 cm³/mol. The van der Waals surface area contributed by atoms with Gasteiger partial charge < -0.3 is 33.1 Å². The molecule has 8 aromatic rings. The summed E-state index contributed by atoms with van der Waals surface area (Å²) in [6.07, 6.45) is 2.61. The summed E-state index contributed by atoms with van der Waals surface area (Å²) >= 11 is 0. The van der Waals surface area contributed by atoms with Crippen molar-refractivity contribution >= 4 is 153 Å². The molecular formula is C52H48N12O17S5. The lowest BCUT2D eigenvalue weighted by atomic mass is 10.0. The zero-order valence-corrected chi connectivity index (χ0v) is 48.8. The second-order valence-electron chi connectivity index (χ2n) is 18.6. The molecule has 8 aromatic carbocycles. The number of nitrogens with two attached hydrogens (primary N) is 4. The maximum Gasteiger partial charge on any atom is 0.299 e. The molecule has 0 aliphatic carbocycles. The largest absolute Gasteiger partial charge is 0.505 e. The van der Waals surface area contributed by atoms with Crippen molar-refractivity contribution in [1.29, 1.82) is 0 Å². The van der Waals surface area contributed by atoms with E-state index >= 15 is 0 Å². The van der Waals surface area contributed by atoms with Crippen LogP contribution in [0.4, 0.5) is 68.2 Å². The molecule has 13 N–H and O–H groups in total. The number of benzene rings is 8. The van der Waals surface area contributed by atoms with Gasteiger partial charge in [-0.15, -0.1) is 20.5 Å². The maximum absolute atomic E-state index is 13.4. The highest BCUT2D eigenvalue weighted by Gasteiger charge is 2.27. The second-order valence-corrected chi connectivity index (χ2v) is 26.3. The Bertz CT molecular complexity index is 4870. The molecule has 34 heteroatoms. The van der Waals surface area contributed by atoms with Crippen molar-refractivity contribution in [3.8, 4) is 11.5 Å². The Kier molecular flexibility index (Phi) is 17.8. The summed E-state index contributed by atoms with van der Waals surface area (Å²) in [7, 11) is -21.5. The van der Waals surface area contributed by atoms with Crippen molar-refractivity contribution in [3.63, 3.8) is 0 Å². The van der Waals surface area contributed by atoms with Gasteiger partial charge in [0.1, 0.15) is 38.4 Å². The van der Waals surface area contributed by atoms with Gasteiger partial charge in [-0.05, 0) is 132 Å². The van der Waals surface area contributed by atoms with Gasteiger partial charge in [-0.25, -0.2) is 0 Å². The molecule has 0 saturated heterocycles. The van der Waals surface area contributed by atoms with E-state index in [0.717, 1.165) is 26.4 Å². The van der Waals surface area contributed by atoms with E-state index in [9.17, 15) is 66.0 Å². The Balaban J connectivity index is 1.13. The van der Waals surface area contributed by atoms with Crippen LogP contribution in [0.25, 0.3) is 33.7 Å². The number of hydrogen-bond donors (Lipinski definition) is 9. The fraction of sp³-hybridized carbons (Fsp3) is 0.115. The van der Waals surface area contributed by atoms with Crippen molar-refractivity contribution < 1.29 is 74.3 Å². The number of anilines is 4. The molecule has 0 unspecified atom stereocenters. The highest BCUT2D eigenvalue weighted by molar-refractivity contribution is 7.87. The number of nitrogen functional groups attached to an aromatic ring is 4. The predicted octanol–water partition coefficient (Wildman–Crippen LogP) is 10.7. The SMILES string of the molecule is COS(=O)(=O)c1cc(N=Nc2ccc(N)c3c(O)c(N=Nc4ccc(N)c(CS(=O)(=O)O)c4)c(CS(=O)(=O)O)cc23)ccc1/C=C/c1ccc(N=Nc2ccc(N)c3c(O)c(N=Nc4ccc(N)c(C)c4)c(S(=O)(=O)OC)cc23)cc1CS(=O)(=O)O. The Morgan fingerprint density at radius 3 is 1.37 bits per heavy atom. The minimum atomic E-state index is -4.84. The van der Waals surface area contributed by atoms with Crippen LogP contribution < -0.4 is 22.9 Å². The van der Waals surface area contributed by atoms with Gasteiger partial charge in [-0.1, -0.05) is 24.3 Å². The third kappa shape index (κ3) is 14.6. The Hall–Kier alpha value is -9.23. The Labute approximate surface area is 490 Å². The topological polar surface area (TPSA) is 493 Å². The molecule has 0 heterocycles. The number of aryl methyl sites for hydroxylation is 1. The van der Waals surface area contributed by atoms with Crippen LogP contribution in [-0.4, -0.2) is 80.2 Å². The van der Waals surface area contributed by atoms with Crippen LogP contribution in [0.1, 0.15) is 33.4 Å². The summed E-state index contributed by atoms with van der Waals surface area (Å²) < 4.78 is 165. The summed E-state index contributed by atoms with van der Waals surface area (Å²) in [5.41, 5.74) is 24.0. The highest BCUT2D eigenvalue weighted by atomic mass is 32.2. The van der Waals surface area contributed by atoms with E-state index in [0.29, 0.717) is 11.3 Å². The molecule has 0 aliphatic heterocycles. The first-order valence-electron chi connectivity index (χ1n) is 24.2. The van der Waals surface area contributed by atoms with E-state index in [1.165, 1.54) is 97.1 Å². The minimum absolute atomic E-state index is 0.00283. The zero-order valence-electron chi connectivity index (χ0n) is 44.7. The minimum Gasteiger partial charge on any atom is -0.505 e. The summed E-state index contributed by atoms with van der Waals surface area (Å²) in [6, 6.07) is 23.8. The van der Waals surface area contributed by atoms with Crippen LogP contribution in [0.5, 0.6) is 11.5 Å². The second kappa shape index (κ2) is 24.4. The molecule has 86 heavy (non-hydrogen) atoms. The number of nitrogens with zero attached hydrogens (tertiary/aromatic N) is 8. The van der Waals surface area contributed by atoms with Gasteiger partial charge >= 0.3 is 0 Å². The molecular weight excluding hydrogens is 1220 g/mol. The molecule has 0 saturated carbocycles. The van der Waals surface area contributed by atoms with Crippen molar-refractivity contribution in [1.82, 2.24) is 0 Å². The van der Waals surface area contributed by atoms with E-state index in [2.05, 4.69) is 40.9 Å². The highest BCUT2D eigenvalue weighted by Crippen LogP contribution is 2.48. The molecule has 0 fully saturated rings. The van der Waals surface area contributed by atoms with E-state index in [1.54, 1.807) is 19.1 Å². The molecule has 0 radical (unpaired) electrons. The van der Waals surface area contributed by atoms with E-state index in [1.807, 2.05) is 0 Å². The van der Waals surface area contributed by atoms with Gasteiger partial charge in [0.15, 0.2) is 11.5 Å². The molecule has 448 valence electrons. The van der Waals surface area contributed by atoms with Crippen molar-refractivity contribution in [3.05, 3.63) is 143 Å². The van der Waals surface area contributed by atoms with Crippen LogP contribution in [0.3, 0.4) is 0 Å². The maximum atomic E-state index is 13.4. The number of hydrogen-bond acceptors (Lipinski definition) is 26. The van der Waals surface area contributed by atoms with Crippen molar-refractivity contribution in [2.75, 3.05) is 37.2 Å². The summed E-state index contributed by atoms with van der Waals surface area (Å²) in [5.74, 6) is -4.41.